The summed E-state index contributed by atoms with van der Waals surface area (Å²) >= 11 is 3.53. The zero-order chi connectivity index (χ0) is 15.2. The summed E-state index contributed by atoms with van der Waals surface area (Å²) in [5.41, 5.74) is 2.86. The summed E-state index contributed by atoms with van der Waals surface area (Å²) in [4.78, 5) is 11.9. The number of halogens is 1. The molecule has 0 aliphatic rings. The minimum Gasteiger partial charge on any atom is -0.381 e. The van der Waals surface area contributed by atoms with Gasteiger partial charge in [-0.25, -0.2) is 0 Å². The van der Waals surface area contributed by atoms with Crippen LogP contribution in [0.1, 0.15) is 29.8 Å². The highest BCUT2D eigenvalue weighted by Crippen LogP contribution is 2.18. The summed E-state index contributed by atoms with van der Waals surface area (Å²) in [5.74, 6) is -0.0395. The first-order valence-electron chi connectivity index (χ1n) is 6.94. The van der Waals surface area contributed by atoms with Gasteiger partial charge in [-0.15, -0.1) is 0 Å². The molecule has 0 aliphatic heterocycles. The van der Waals surface area contributed by atoms with Gasteiger partial charge in [0.2, 0.25) is 0 Å². The van der Waals surface area contributed by atoms with E-state index in [-0.39, 0.29) is 11.9 Å². The molecule has 0 radical (unpaired) electrons. The molecule has 4 heteroatoms. The average molecular weight is 347 g/mol. The van der Waals surface area contributed by atoms with Gasteiger partial charge >= 0.3 is 0 Å². The normalized spacial score (nSPS) is 10.5. The largest absolute Gasteiger partial charge is 0.381 e. The van der Waals surface area contributed by atoms with E-state index < -0.39 is 0 Å². The van der Waals surface area contributed by atoms with E-state index in [1.807, 2.05) is 56.3 Å². The van der Waals surface area contributed by atoms with Crippen molar-refractivity contribution >= 4 is 27.5 Å². The Morgan fingerprint density at radius 3 is 2.38 bits per heavy atom. The van der Waals surface area contributed by atoms with Crippen molar-refractivity contribution in [2.45, 2.75) is 26.4 Å². The number of rotatable bonds is 5. The third kappa shape index (κ3) is 4.60. The van der Waals surface area contributed by atoms with Crippen LogP contribution in [0, 0.1) is 0 Å². The van der Waals surface area contributed by atoms with E-state index >= 15 is 0 Å². The summed E-state index contributed by atoms with van der Waals surface area (Å²) < 4.78 is 1.09. The van der Waals surface area contributed by atoms with Crippen molar-refractivity contribution < 1.29 is 4.79 Å². The van der Waals surface area contributed by atoms with Crippen molar-refractivity contribution in [1.29, 1.82) is 0 Å². The van der Waals surface area contributed by atoms with Crippen molar-refractivity contribution in [2.75, 3.05) is 5.32 Å². The smallest absolute Gasteiger partial charge is 0.251 e. The quantitative estimate of drug-likeness (QED) is 0.851. The lowest BCUT2D eigenvalue weighted by Gasteiger charge is -2.10. The van der Waals surface area contributed by atoms with Crippen LogP contribution < -0.4 is 10.6 Å². The van der Waals surface area contributed by atoms with Crippen LogP contribution in [0.2, 0.25) is 0 Å². The summed E-state index contributed by atoms with van der Waals surface area (Å²) in [5, 5.41) is 6.23. The molecule has 0 aliphatic carbocycles. The van der Waals surface area contributed by atoms with Gasteiger partial charge in [0.1, 0.15) is 0 Å². The van der Waals surface area contributed by atoms with Gasteiger partial charge in [0.15, 0.2) is 0 Å². The number of benzene rings is 2. The molecule has 21 heavy (non-hydrogen) atoms. The average Bonchev–Trinajstić information content (AvgIpc) is 2.46. The maximum Gasteiger partial charge on any atom is 0.251 e. The predicted octanol–water partition coefficient (Wildman–Crippen LogP) is 4.20. The van der Waals surface area contributed by atoms with Gasteiger partial charge < -0.3 is 10.6 Å². The first kappa shape index (κ1) is 15.6. The standard InChI is InChI=1S/C17H19BrN2O/c1-12(2)20-17(21)13-7-9-15(10-8-13)19-11-14-5-3-4-6-16(14)18/h3-10,12,19H,11H2,1-2H3,(H,20,21). The van der Waals surface area contributed by atoms with E-state index in [2.05, 4.69) is 32.6 Å². The third-order valence-corrected chi connectivity index (χ3v) is 3.78. The van der Waals surface area contributed by atoms with Gasteiger partial charge in [-0.1, -0.05) is 34.1 Å². The van der Waals surface area contributed by atoms with Gasteiger partial charge in [0.25, 0.3) is 5.91 Å². The second-order valence-electron chi connectivity index (χ2n) is 5.15. The molecule has 0 fully saturated rings. The Hall–Kier alpha value is -1.81. The number of carbonyl (C=O) groups excluding carboxylic acids is 1. The molecule has 3 nitrogen and oxygen atoms in total. The van der Waals surface area contributed by atoms with Crippen LogP contribution in [0.15, 0.2) is 53.0 Å². The number of anilines is 1. The van der Waals surface area contributed by atoms with Crippen LogP contribution in [0.3, 0.4) is 0 Å². The molecule has 0 saturated heterocycles. The highest BCUT2D eigenvalue weighted by atomic mass is 79.9. The molecule has 110 valence electrons. The van der Waals surface area contributed by atoms with Crippen LogP contribution in [0.5, 0.6) is 0 Å². The lowest BCUT2D eigenvalue weighted by Crippen LogP contribution is -2.29. The number of hydrogen-bond acceptors (Lipinski definition) is 2. The van der Waals surface area contributed by atoms with E-state index in [1.54, 1.807) is 0 Å². The Morgan fingerprint density at radius 1 is 1.10 bits per heavy atom. The van der Waals surface area contributed by atoms with Crippen LogP contribution in [0.25, 0.3) is 0 Å². The van der Waals surface area contributed by atoms with Gasteiger partial charge in [0.05, 0.1) is 0 Å². The molecule has 1 amide bonds. The van der Waals surface area contributed by atoms with Gasteiger partial charge in [-0.2, -0.15) is 0 Å². The fourth-order valence-corrected chi connectivity index (χ4v) is 2.35. The molecule has 2 rings (SSSR count). The molecule has 2 N–H and O–H groups in total. The van der Waals surface area contributed by atoms with E-state index in [0.717, 1.165) is 16.7 Å². The molecular formula is C17H19BrN2O. The maximum atomic E-state index is 11.9. The molecule has 0 bridgehead atoms. The minimum atomic E-state index is -0.0395. The molecule has 2 aromatic rings. The van der Waals surface area contributed by atoms with Crippen LogP contribution in [-0.2, 0) is 6.54 Å². The highest BCUT2D eigenvalue weighted by molar-refractivity contribution is 9.10. The number of amides is 1. The second-order valence-corrected chi connectivity index (χ2v) is 6.00. The molecule has 0 unspecified atom stereocenters. The summed E-state index contributed by atoms with van der Waals surface area (Å²) in [6.07, 6.45) is 0. The number of hydrogen-bond donors (Lipinski definition) is 2. The van der Waals surface area contributed by atoms with Gasteiger partial charge in [-0.05, 0) is 49.7 Å². The minimum absolute atomic E-state index is 0.0395. The van der Waals surface area contributed by atoms with Crippen molar-refractivity contribution in [3.05, 3.63) is 64.1 Å². The topological polar surface area (TPSA) is 41.1 Å². The molecule has 2 aromatic carbocycles. The molecule has 0 spiro atoms. The van der Waals surface area contributed by atoms with E-state index in [1.165, 1.54) is 5.56 Å². The molecule has 0 saturated carbocycles. The summed E-state index contributed by atoms with van der Waals surface area (Å²) in [6.45, 7) is 4.63. The lowest BCUT2D eigenvalue weighted by atomic mass is 10.1. The second kappa shape index (κ2) is 7.27. The molecule has 0 heterocycles. The Labute approximate surface area is 133 Å². The SMILES string of the molecule is CC(C)NC(=O)c1ccc(NCc2ccccc2Br)cc1. The van der Waals surface area contributed by atoms with E-state index in [4.69, 9.17) is 0 Å². The molecule has 0 aromatic heterocycles. The summed E-state index contributed by atoms with van der Waals surface area (Å²) in [6, 6.07) is 15.8. The summed E-state index contributed by atoms with van der Waals surface area (Å²) in [7, 11) is 0. The Bertz CT molecular complexity index is 608. The predicted molar refractivity (Wildman–Crippen MR) is 90.5 cm³/mol. The van der Waals surface area contributed by atoms with Crippen LogP contribution in [0.4, 0.5) is 5.69 Å². The Balaban J connectivity index is 1.97. The van der Waals surface area contributed by atoms with Crippen molar-refractivity contribution in [3.63, 3.8) is 0 Å². The third-order valence-electron chi connectivity index (χ3n) is 3.01. The van der Waals surface area contributed by atoms with Crippen LogP contribution in [-0.4, -0.2) is 11.9 Å². The van der Waals surface area contributed by atoms with Gasteiger partial charge in [0, 0.05) is 28.3 Å². The molecular weight excluding hydrogens is 328 g/mol. The zero-order valence-electron chi connectivity index (χ0n) is 12.2. The molecule has 0 atom stereocenters. The fraction of sp³-hybridized carbons (Fsp3) is 0.235. The number of nitrogens with one attached hydrogen (secondary N) is 2. The maximum absolute atomic E-state index is 11.9. The first-order chi connectivity index (χ1) is 10.1. The van der Waals surface area contributed by atoms with Gasteiger partial charge in [-0.3, -0.25) is 4.79 Å². The lowest BCUT2D eigenvalue weighted by molar-refractivity contribution is 0.0943. The Morgan fingerprint density at radius 2 is 1.76 bits per heavy atom. The van der Waals surface area contributed by atoms with Crippen LogP contribution >= 0.6 is 15.9 Å². The first-order valence-corrected chi connectivity index (χ1v) is 7.74. The van der Waals surface area contributed by atoms with Crippen molar-refractivity contribution in [1.82, 2.24) is 5.32 Å². The highest BCUT2D eigenvalue weighted by Gasteiger charge is 2.06. The van der Waals surface area contributed by atoms with Crippen molar-refractivity contribution in [2.24, 2.45) is 0 Å². The zero-order valence-corrected chi connectivity index (χ0v) is 13.8. The van der Waals surface area contributed by atoms with E-state index in [9.17, 15) is 4.79 Å². The van der Waals surface area contributed by atoms with Crippen molar-refractivity contribution in [3.8, 4) is 0 Å². The number of carbonyl (C=O) groups is 1. The Kier molecular flexibility index (Phi) is 5.39. The van der Waals surface area contributed by atoms with E-state index in [0.29, 0.717) is 5.56 Å². The fourth-order valence-electron chi connectivity index (χ4n) is 1.92. The monoisotopic (exact) mass is 346 g/mol.